The first-order valence-electron chi connectivity index (χ1n) is 6.25. The first-order chi connectivity index (χ1) is 7.79. The van der Waals surface area contributed by atoms with Crippen LogP contribution < -0.4 is 5.32 Å². The van der Waals surface area contributed by atoms with E-state index in [9.17, 15) is 0 Å². The van der Waals surface area contributed by atoms with Crippen LogP contribution in [0.4, 0.5) is 0 Å². The van der Waals surface area contributed by atoms with Crippen molar-refractivity contribution in [1.82, 2.24) is 10.2 Å². The van der Waals surface area contributed by atoms with Crippen molar-refractivity contribution in [1.29, 1.82) is 0 Å². The van der Waals surface area contributed by atoms with Crippen molar-refractivity contribution in [3.8, 4) is 0 Å². The van der Waals surface area contributed by atoms with Gasteiger partial charge in [0.15, 0.2) is 0 Å². The zero-order chi connectivity index (χ0) is 12.2. The molecule has 0 aliphatic rings. The lowest BCUT2D eigenvalue weighted by Gasteiger charge is -2.24. The Balaban J connectivity index is 4.40. The van der Waals surface area contributed by atoms with E-state index in [1.807, 2.05) is 6.08 Å². The van der Waals surface area contributed by atoms with E-state index in [0.29, 0.717) is 0 Å². The van der Waals surface area contributed by atoms with Crippen LogP contribution >= 0.6 is 0 Å². The predicted molar refractivity (Wildman–Crippen MR) is 73.5 cm³/mol. The predicted octanol–water partition coefficient (Wildman–Crippen LogP) is 2.95. The smallest absolute Gasteiger partial charge is 0.0363 e. The molecule has 0 aromatic rings. The molecule has 0 saturated carbocycles. The number of nitrogens with one attached hydrogen (secondary N) is 1. The standard InChI is InChI=1S/C14H26N2/c1-5-9-11-14(10-6-2)16(8-4)13-12-15-7-3/h6,9-11,15H,2,5,7-8,12-13H2,1,3-4H3/b11-9-,14-10+. The van der Waals surface area contributed by atoms with E-state index in [1.165, 1.54) is 5.70 Å². The van der Waals surface area contributed by atoms with Gasteiger partial charge >= 0.3 is 0 Å². The fraction of sp³-hybridized carbons (Fsp3) is 0.571. The molecule has 0 spiro atoms. The Bertz CT molecular complexity index is 229. The monoisotopic (exact) mass is 222 g/mol. The van der Waals surface area contributed by atoms with Crippen molar-refractivity contribution in [3.05, 3.63) is 36.6 Å². The van der Waals surface area contributed by atoms with Gasteiger partial charge in [-0.15, -0.1) is 0 Å². The zero-order valence-electron chi connectivity index (χ0n) is 11.0. The SMILES string of the molecule is C=C/C=C(\C=C/CC)N(CC)CCNCC. The van der Waals surface area contributed by atoms with E-state index in [0.717, 1.165) is 32.6 Å². The Morgan fingerprint density at radius 2 is 2.06 bits per heavy atom. The molecule has 0 atom stereocenters. The summed E-state index contributed by atoms with van der Waals surface area (Å²) in [4.78, 5) is 2.36. The highest BCUT2D eigenvalue weighted by Gasteiger charge is 2.02. The summed E-state index contributed by atoms with van der Waals surface area (Å²) in [5, 5.41) is 3.35. The third-order valence-electron chi connectivity index (χ3n) is 2.37. The summed E-state index contributed by atoms with van der Waals surface area (Å²) in [6, 6.07) is 0. The fourth-order valence-corrected chi connectivity index (χ4v) is 1.49. The molecule has 0 bridgehead atoms. The van der Waals surface area contributed by atoms with Gasteiger partial charge in [0.2, 0.25) is 0 Å². The topological polar surface area (TPSA) is 15.3 Å². The molecule has 16 heavy (non-hydrogen) atoms. The average Bonchev–Trinajstić information content (AvgIpc) is 2.31. The molecule has 0 aromatic heterocycles. The Morgan fingerprint density at radius 1 is 1.31 bits per heavy atom. The van der Waals surface area contributed by atoms with Gasteiger partial charge in [-0.05, 0) is 32.0 Å². The van der Waals surface area contributed by atoms with Crippen LogP contribution in [0.3, 0.4) is 0 Å². The molecule has 1 N–H and O–H groups in total. The number of likely N-dealkylation sites (N-methyl/N-ethyl adjacent to an activating group) is 2. The molecule has 0 heterocycles. The molecule has 2 heteroatoms. The minimum absolute atomic E-state index is 1.03. The molecule has 0 radical (unpaired) electrons. The maximum Gasteiger partial charge on any atom is 0.0363 e. The van der Waals surface area contributed by atoms with Crippen LogP contribution in [0.15, 0.2) is 36.6 Å². The van der Waals surface area contributed by atoms with Gasteiger partial charge in [0.05, 0.1) is 0 Å². The van der Waals surface area contributed by atoms with E-state index in [1.54, 1.807) is 0 Å². The summed E-state index contributed by atoms with van der Waals surface area (Å²) in [6.07, 6.45) is 9.36. The lowest BCUT2D eigenvalue weighted by atomic mass is 10.2. The molecule has 2 nitrogen and oxygen atoms in total. The second kappa shape index (κ2) is 10.5. The van der Waals surface area contributed by atoms with Crippen molar-refractivity contribution >= 4 is 0 Å². The minimum Gasteiger partial charge on any atom is -0.371 e. The molecule has 0 aliphatic heterocycles. The van der Waals surface area contributed by atoms with Crippen molar-refractivity contribution in [2.24, 2.45) is 0 Å². The summed E-state index contributed by atoms with van der Waals surface area (Å²) in [5.41, 5.74) is 1.25. The van der Waals surface area contributed by atoms with E-state index < -0.39 is 0 Å². The van der Waals surface area contributed by atoms with E-state index in [2.05, 4.69) is 55.8 Å². The lowest BCUT2D eigenvalue weighted by Crippen LogP contribution is -2.31. The van der Waals surface area contributed by atoms with Gasteiger partial charge in [-0.2, -0.15) is 0 Å². The third-order valence-corrected chi connectivity index (χ3v) is 2.37. The minimum atomic E-state index is 1.03. The van der Waals surface area contributed by atoms with Crippen molar-refractivity contribution in [2.45, 2.75) is 27.2 Å². The summed E-state index contributed by atoms with van der Waals surface area (Å²) in [5.74, 6) is 0. The Hall–Kier alpha value is -1.02. The third kappa shape index (κ3) is 6.46. The molecule has 0 aliphatic carbocycles. The number of hydrogen-bond donors (Lipinski definition) is 1. The van der Waals surface area contributed by atoms with E-state index in [-0.39, 0.29) is 0 Å². The van der Waals surface area contributed by atoms with Crippen LogP contribution in [0.1, 0.15) is 27.2 Å². The molecule has 92 valence electrons. The molecular weight excluding hydrogens is 196 g/mol. The van der Waals surface area contributed by atoms with Gasteiger partial charge in [-0.3, -0.25) is 0 Å². The van der Waals surface area contributed by atoms with Gasteiger partial charge in [-0.25, -0.2) is 0 Å². The molecular formula is C14H26N2. The zero-order valence-corrected chi connectivity index (χ0v) is 11.0. The normalized spacial score (nSPS) is 12.1. The van der Waals surface area contributed by atoms with E-state index in [4.69, 9.17) is 0 Å². The molecule has 0 saturated heterocycles. The quantitative estimate of drug-likeness (QED) is 0.476. The summed E-state index contributed by atoms with van der Waals surface area (Å²) in [7, 11) is 0. The second-order valence-corrected chi connectivity index (χ2v) is 3.57. The molecule has 0 rings (SSSR count). The molecule has 0 amide bonds. The van der Waals surface area contributed by atoms with Crippen LogP contribution in [-0.2, 0) is 0 Å². The van der Waals surface area contributed by atoms with Crippen molar-refractivity contribution in [3.63, 3.8) is 0 Å². The highest BCUT2D eigenvalue weighted by molar-refractivity contribution is 5.21. The Kier molecular flexibility index (Phi) is 9.83. The first-order valence-corrected chi connectivity index (χ1v) is 6.25. The van der Waals surface area contributed by atoms with Crippen LogP contribution in [0, 0.1) is 0 Å². The van der Waals surface area contributed by atoms with Gasteiger partial charge < -0.3 is 10.2 Å². The Labute approximate surface area is 101 Å². The van der Waals surface area contributed by atoms with Crippen LogP contribution in [-0.4, -0.2) is 31.1 Å². The molecule has 0 fully saturated rings. The highest BCUT2D eigenvalue weighted by Crippen LogP contribution is 2.06. The lowest BCUT2D eigenvalue weighted by molar-refractivity contribution is 0.370. The molecule has 0 unspecified atom stereocenters. The summed E-state index contributed by atoms with van der Waals surface area (Å²) < 4.78 is 0. The largest absolute Gasteiger partial charge is 0.371 e. The number of rotatable bonds is 9. The van der Waals surface area contributed by atoms with Gasteiger partial charge in [0.25, 0.3) is 0 Å². The highest BCUT2D eigenvalue weighted by atomic mass is 15.1. The summed E-state index contributed by atoms with van der Waals surface area (Å²) >= 11 is 0. The van der Waals surface area contributed by atoms with Gasteiger partial charge in [0.1, 0.15) is 0 Å². The van der Waals surface area contributed by atoms with E-state index >= 15 is 0 Å². The summed E-state index contributed by atoms with van der Waals surface area (Å²) in [6.45, 7) is 14.4. The van der Waals surface area contributed by atoms with Crippen molar-refractivity contribution < 1.29 is 0 Å². The number of allylic oxidation sites excluding steroid dienone is 4. The van der Waals surface area contributed by atoms with Crippen LogP contribution in [0.5, 0.6) is 0 Å². The second-order valence-electron chi connectivity index (χ2n) is 3.57. The van der Waals surface area contributed by atoms with Crippen LogP contribution in [0.25, 0.3) is 0 Å². The number of nitrogens with zero attached hydrogens (tertiary/aromatic N) is 1. The number of hydrogen-bond acceptors (Lipinski definition) is 2. The van der Waals surface area contributed by atoms with Crippen molar-refractivity contribution in [2.75, 3.05) is 26.2 Å². The first kappa shape index (κ1) is 15.0. The maximum absolute atomic E-state index is 3.77. The fourth-order valence-electron chi connectivity index (χ4n) is 1.49. The van der Waals surface area contributed by atoms with Gasteiger partial charge in [0, 0.05) is 25.3 Å². The maximum atomic E-state index is 3.77. The van der Waals surface area contributed by atoms with Crippen LogP contribution in [0.2, 0.25) is 0 Å². The molecule has 0 aromatic carbocycles. The Morgan fingerprint density at radius 3 is 2.56 bits per heavy atom. The van der Waals surface area contributed by atoms with Gasteiger partial charge in [-0.1, -0.05) is 32.6 Å². The average molecular weight is 222 g/mol.